The first-order chi connectivity index (χ1) is 9.06. The summed E-state index contributed by atoms with van der Waals surface area (Å²) in [4.78, 5) is 0. The molecule has 11 heteroatoms. The van der Waals surface area contributed by atoms with Crippen molar-refractivity contribution in [3.05, 3.63) is 0 Å². The Bertz CT molecular complexity index is 252. The summed E-state index contributed by atoms with van der Waals surface area (Å²) in [5, 5.41) is 8.96. The van der Waals surface area contributed by atoms with Crippen LogP contribution in [0.25, 0.3) is 0 Å². The van der Waals surface area contributed by atoms with Crippen molar-refractivity contribution in [2.24, 2.45) is 0 Å². The maximum absolute atomic E-state index is 12.6. The molecule has 0 amide bonds. The van der Waals surface area contributed by atoms with Crippen molar-refractivity contribution in [1.82, 2.24) is 0 Å². The third-order valence-electron chi connectivity index (χ3n) is 1.89. The Hall–Kier alpha value is -0.680. The lowest BCUT2D eigenvalue weighted by Gasteiger charge is -2.21. The van der Waals surface area contributed by atoms with Gasteiger partial charge in [-0.15, -0.1) is 0 Å². The Morgan fingerprint density at radius 3 is 1.35 bits per heavy atom. The van der Waals surface area contributed by atoms with Crippen LogP contribution in [-0.4, -0.2) is 62.3 Å². The Labute approximate surface area is 108 Å². The van der Waals surface area contributed by atoms with Crippen LogP contribution in [-0.2, 0) is 9.47 Å². The minimum Gasteiger partial charge on any atom is -0.388 e. The van der Waals surface area contributed by atoms with Gasteiger partial charge in [0.05, 0.1) is 13.2 Å². The van der Waals surface area contributed by atoms with Gasteiger partial charge in [0.1, 0.15) is 6.10 Å². The molecular formula is C9H12F8O3. The van der Waals surface area contributed by atoms with Gasteiger partial charge >= 0.3 is 11.8 Å². The molecule has 0 saturated heterocycles. The van der Waals surface area contributed by atoms with Crippen molar-refractivity contribution in [3.63, 3.8) is 0 Å². The highest BCUT2D eigenvalue weighted by Gasteiger charge is 2.43. The maximum atomic E-state index is 12.6. The van der Waals surface area contributed by atoms with Gasteiger partial charge in [-0.05, 0) is 0 Å². The molecule has 0 rings (SSSR count). The third kappa shape index (κ3) is 6.18. The zero-order valence-electron chi connectivity index (χ0n) is 9.85. The highest BCUT2D eigenvalue weighted by molar-refractivity contribution is 4.70. The number of ether oxygens (including phenoxy) is 2. The molecule has 0 aromatic carbocycles. The first kappa shape index (κ1) is 19.3. The molecular weight excluding hydrogens is 308 g/mol. The predicted molar refractivity (Wildman–Crippen MR) is 49.5 cm³/mol. The standard InChI is InChI=1S/C9H12F8O3/c10-3-8(14,15)6(12)19-1-5(18)2-20-7(13)9(16,17)4-11/h5-7,18H,1-4H2/t5?,6-,7+. The first-order valence-corrected chi connectivity index (χ1v) is 5.13. The predicted octanol–water partition coefficient (Wildman–Crippen LogP) is 2.18. The van der Waals surface area contributed by atoms with Crippen LogP contribution in [0.2, 0.25) is 0 Å². The van der Waals surface area contributed by atoms with Gasteiger partial charge < -0.3 is 14.6 Å². The Balaban J connectivity index is 4.04. The second-order valence-corrected chi connectivity index (χ2v) is 3.74. The molecule has 0 heterocycles. The zero-order chi connectivity index (χ0) is 16.0. The molecule has 3 nitrogen and oxygen atoms in total. The second-order valence-electron chi connectivity index (χ2n) is 3.74. The Kier molecular flexibility index (Phi) is 7.66. The number of rotatable bonds is 10. The van der Waals surface area contributed by atoms with Gasteiger partial charge in [0.15, 0.2) is 13.3 Å². The van der Waals surface area contributed by atoms with E-state index in [1.807, 2.05) is 0 Å². The fourth-order valence-electron chi connectivity index (χ4n) is 0.804. The number of aliphatic hydroxyl groups excluding tert-OH is 1. The number of aliphatic hydroxyl groups is 1. The van der Waals surface area contributed by atoms with Crippen molar-refractivity contribution in [1.29, 1.82) is 0 Å². The minimum atomic E-state index is -4.44. The van der Waals surface area contributed by atoms with E-state index >= 15 is 0 Å². The topological polar surface area (TPSA) is 38.7 Å². The fraction of sp³-hybridized carbons (Fsp3) is 1.00. The van der Waals surface area contributed by atoms with Gasteiger partial charge in [-0.2, -0.15) is 17.6 Å². The van der Waals surface area contributed by atoms with E-state index in [9.17, 15) is 35.1 Å². The summed E-state index contributed by atoms with van der Waals surface area (Å²) in [6.07, 6.45) is -8.71. The largest absolute Gasteiger partial charge is 0.388 e. The summed E-state index contributed by atoms with van der Waals surface area (Å²) in [6.45, 7) is -7.08. The van der Waals surface area contributed by atoms with E-state index in [0.29, 0.717) is 0 Å². The molecule has 0 aromatic heterocycles. The SMILES string of the molecule is OC(CO[C@@H](F)C(F)(F)CF)CO[C@H](F)C(F)(F)CF. The van der Waals surface area contributed by atoms with Crippen LogP contribution in [0.4, 0.5) is 35.1 Å². The highest BCUT2D eigenvalue weighted by atomic mass is 19.3. The van der Waals surface area contributed by atoms with E-state index < -0.39 is 57.2 Å². The summed E-state index contributed by atoms with van der Waals surface area (Å²) in [5.74, 6) is -8.88. The van der Waals surface area contributed by atoms with Crippen molar-refractivity contribution in [2.75, 3.05) is 26.6 Å². The first-order valence-electron chi connectivity index (χ1n) is 5.13. The molecule has 0 aromatic rings. The lowest BCUT2D eigenvalue weighted by molar-refractivity contribution is -0.229. The molecule has 0 aliphatic heterocycles. The Morgan fingerprint density at radius 2 is 1.10 bits per heavy atom. The van der Waals surface area contributed by atoms with E-state index in [0.717, 1.165) is 0 Å². The molecule has 1 unspecified atom stereocenters. The molecule has 1 N–H and O–H groups in total. The van der Waals surface area contributed by atoms with Gasteiger partial charge in [-0.1, -0.05) is 0 Å². The molecule has 122 valence electrons. The highest BCUT2D eigenvalue weighted by Crippen LogP contribution is 2.24. The summed E-state index contributed by atoms with van der Waals surface area (Å²) in [7, 11) is 0. The van der Waals surface area contributed by atoms with Crippen LogP contribution >= 0.6 is 0 Å². The molecule has 0 bridgehead atoms. The van der Waals surface area contributed by atoms with Crippen molar-refractivity contribution in [3.8, 4) is 0 Å². The van der Waals surface area contributed by atoms with Crippen LogP contribution in [0.5, 0.6) is 0 Å². The Morgan fingerprint density at radius 1 is 0.800 bits per heavy atom. The van der Waals surface area contributed by atoms with Crippen LogP contribution in [0.1, 0.15) is 0 Å². The van der Waals surface area contributed by atoms with Crippen LogP contribution in [0.3, 0.4) is 0 Å². The van der Waals surface area contributed by atoms with Gasteiger partial charge in [0.2, 0.25) is 0 Å². The van der Waals surface area contributed by atoms with E-state index in [4.69, 9.17) is 5.11 Å². The van der Waals surface area contributed by atoms with Gasteiger partial charge in [0, 0.05) is 0 Å². The zero-order valence-corrected chi connectivity index (χ0v) is 9.85. The minimum absolute atomic E-state index is 1.19. The van der Waals surface area contributed by atoms with E-state index in [-0.39, 0.29) is 0 Å². The normalized spacial score (nSPS) is 17.9. The molecule has 20 heavy (non-hydrogen) atoms. The van der Waals surface area contributed by atoms with Crippen molar-refractivity contribution >= 4 is 0 Å². The molecule has 0 saturated carbocycles. The fourth-order valence-corrected chi connectivity index (χ4v) is 0.804. The molecule has 0 aliphatic carbocycles. The quantitative estimate of drug-likeness (QED) is 0.627. The van der Waals surface area contributed by atoms with Crippen LogP contribution in [0.15, 0.2) is 0 Å². The number of halogens is 8. The van der Waals surface area contributed by atoms with E-state index in [2.05, 4.69) is 9.47 Å². The summed E-state index contributed by atoms with van der Waals surface area (Å²) >= 11 is 0. The van der Waals surface area contributed by atoms with Gasteiger partial charge in [-0.25, -0.2) is 17.6 Å². The maximum Gasteiger partial charge on any atom is 0.330 e. The molecule has 0 aliphatic rings. The average molecular weight is 320 g/mol. The third-order valence-corrected chi connectivity index (χ3v) is 1.89. The molecule has 3 atom stereocenters. The molecule has 0 radical (unpaired) electrons. The monoisotopic (exact) mass is 320 g/mol. The smallest absolute Gasteiger partial charge is 0.330 e. The van der Waals surface area contributed by atoms with Crippen LogP contribution < -0.4 is 0 Å². The summed E-state index contributed by atoms with van der Waals surface area (Å²) in [6, 6.07) is 0. The van der Waals surface area contributed by atoms with Crippen LogP contribution in [0, 0.1) is 0 Å². The van der Waals surface area contributed by atoms with E-state index in [1.54, 1.807) is 0 Å². The number of hydrogen-bond donors (Lipinski definition) is 1. The second kappa shape index (κ2) is 7.93. The van der Waals surface area contributed by atoms with E-state index in [1.165, 1.54) is 0 Å². The molecule has 0 fully saturated rings. The summed E-state index contributed by atoms with van der Waals surface area (Å²) in [5.41, 5.74) is 0. The average Bonchev–Trinajstić information content (AvgIpc) is 2.41. The van der Waals surface area contributed by atoms with Gasteiger partial charge in [0.25, 0.3) is 12.7 Å². The molecule has 0 spiro atoms. The van der Waals surface area contributed by atoms with Crippen molar-refractivity contribution in [2.45, 2.75) is 30.7 Å². The number of hydrogen-bond acceptors (Lipinski definition) is 3. The van der Waals surface area contributed by atoms with Crippen molar-refractivity contribution < 1.29 is 49.7 Å². The summed E-state index contributed by atoms with van der Waals surface area (Å²) < 4.78 is 105. The lowest BCUT2D eigenvalue weighted by Crippen LogP contribution is -2.39. The lowest BCUT2D eigenvalue weighted by atomic mass is 10.3. The van der Waals surface area contributed by atoms with Gasteiger partial charge in [-0.3, -0.25) is 0 Å². The number of alkyl halides is 8.